The minimum Gasteiger partial charge on any atom is -0.368 e. The van der Waals surface area contributed by atoms with Crippen LogP contribution >= 0.6 is 0 Å². The summed E-state index contributed by atoms with van der Waals surface area (Å²) in [6, 6.07) is 0. The standard InChI is InChI=1S/C9H17N5/c1-2-3-9(4-5-9)6-11-8-12-7(10)13-14-8/h2-6H2,1H3,(H4,10,11,12,13,14). The van der Waals surface area contributed by atoms with Crippen molar-refractivity contribution in [3.63, 3.8) is 0 Å². The van der Waals surface area contributed by atoms with Gasteiger partial charge in [-0.1, -0.05) is 13.3 Å². The molecule has 0 aromatic carbocycles. The molecule has 0 saturated heterocycles. The van der Waals surface area contributed by atoms with E-state index >= 15 is 0 Å². The summed E-state index contributed by atoms with van der Waals surface area (Å²) in [6.07, 6.45) is 5.19. The normalized spacial score (nSPS) is 18.1. The van der Waals surface area contributed by atoms with Crippen LogP contribution in [0.1, 0.15) is 32.6 Å². The summed E-state index contributed by atoms with van der Waals surface area (Å²) in [6.45, 7) is 3.20. The molecule has 5 heteroatoms. The minimum atomic E-state index is 0.368. The SMILES string of the molecule is CCCC1(CNc2n[nH]c(N)n2)CC1. The van der Waals surface area contributed by atoms with Crippen LogP contribution in [0.3, 0.4) is 0 Å². The number of nitrogen functional groups attached to an aromatic ring is 1. The smallest absolute Gasteiger partial charge is 0.243 e. The fraction of sp³-hybridized carbons (Fsp3) is 0.778. The van der Waals surface area contributed by atoms with Gasteiger partial charge >= 0.3 is 0 Å². The van der Waals surface area contributed by atoms with Gasteiger partial charge in [-0.05, 0) is 24.7 Å². The zero-order valence-corrected chi connectivity index (χ0v) is 8.51. The molecule has 1 saturated carbocycles. The Morgan fingerprint density at radius 2 is 2.36 bits per heavy atom. The molecule has 78 valence electrons. The first kappa shape index (κ1) is 9.30. The average Bonchev–Trinajstić information content (AvgIpc) is 2.80. The van der Waals surface area contributed by atoms with Crippen LogP contribution in [0.2, 0.25) is 0 Å². The first-order valence-electron chi connectivity index (χ1n) is 5.16. The van der Waals surface area contributed by atoms with Crippen LogP contribution in [0.5, 0.6) is 0 Å². The second-order valence-corrected chi connectivity index (χ2v) is 4.15. The molecule has 1 aromatic rings. The van der Waals surface area contributed by atoms with Crippen molar-refractivity contribution in [1.29, 1.82) is 0 Å². The zero-order chi connectivity index (χ0) is 10.0. The molecule has 2 rings (SSSR count). The van der Waals surface area contributed by atoms with Gasteiger partial charge in [0.2, 0.25) is 11.9 Å². The Morgan fingerprint density at radius 1 is 1.57 bits per heavy atom. The van der Waals surface area contributed by atoms with Gasteiger partial charge in [0.05, 0.1) is 0 Å². The van der Waals surface area contributed by atoms with Crippen LogP contribution in [0.4, 0.5) is 11.9 Å². The summed E-state index contributed by atoms with van der Waals surface area (Å²) in [5.41, 5.74) is 5.94. The molecule has 1 fully saturated rings. The number of nitrogens with zero attached hydrogens (tertiary/aromatic N) is 2. The number of hydrogen-bond acceptors (Lipinski definition) is 4. The number of nitrogens with two attached hydrogens (primary N) is 1. The van der Waals surface area contributed by atoms with Gasteiger partial charge in [0.1, 0.15) is 0 Å². The van der Waals surface area contributed by atoms with Crippen molar-refractivity contribution < 1.29 is 0 Å². The zero-order valence-electron chi connectivity index (χ0n) is 8.51. The lowest BCUT2D eigenvalue weighted by molar-refractivity contribution is 0.484. The Labute approximate surface area is 83.5 Å². The average molecular weight is 195 g/mol. The van der Waals surface area contributed by atoms with E-state index in [1.165, 1.54) is 25.7 Å². The summed E-state index contributed by atoms with van der Waals surface area (Å²) < 4.78 is 0. The maximum atomic E-state index is 5.42. The highest BCUT2D eigenvalue weighted by molar-refractivity contribution is 5.30. The Hall–Kier alpha value is -1.26. The summed E-state index contributed by atoms with van der Waals surface area (Å²) in [4.78, 5) is 4.00. The molecular weight excluding hydrogens is 178 g/mol. The van der Waals surface area contributed by atoms with Gasteiger partial charge in [-0.15, -0.1) is 5.10 Å². The maximum absolute atomic E-state index is 5.42. The number of H-pyrrole nitrogens is 1. The van der Waals surface area contributed by atoms with Crippen LogP contribution in [0, 0.1) is 5.41 Å². The molecular formula is C9H17N5. The third-order valence-corrected chi connectivity index (χ3v) is 2.86. The van der Waals surface area contributed by atoms with Gasteiger partial charge in [-0.2, -0.15) is 4.98 Å². The molecule has 1 heterocycles. The Balaban J connectivity index is 1.82. The lowest BCUT2D eigenvalue weighted by atomic mass is 10.0. The predicted molar refractivity (Wildman–Crippen MR) is 55.9 cm³/mol. The Bertz CT molecular complexity index is 302. The van der Waals surface area contributed by atoms with E-state index in [9.17, 15) is 0 Å². The van der Waals surface area contributed by atoms with E-state index < -0.39 is 0 Å². The van der Waals surface area contributed by atoms with Crippen molar-refractivity contribution in [3.8, 4) is 0 Å². The topological polar surface area (TPSA) is 79.6 Å². The van der Waals surface area contributed by atoms with E-state index in [1.54, 1.807) is 0 Å². The van der Waals surface area contributed by atoms with Crippen LogP contribution in [-0.2, 0) is 0 Å². The second-order valence-electron chi connectivity index (χ2n) is 4.15. The van der Waals surface area contributed by atoms with E-state index in [-0.39, 0.29) is 0 Å². The number of aromatic nitrogens is 3. The van der Waals surface area contributed by atoms with Gasteiger partial charge in [0.25, 0.3) is 0 Å². The van der Waals surface area contributed by atoms with Gasteiger partial charge in [0, 0.05) is 6.54 Å². The highest BCUT2D eigenvalue weighted by atomic mass is 15.3. The van der Waals surface area contributed by atoms with E-state index in [0.29, 0.717) is 17.3 Å². The molecule has 5 nitrogen and oxygen atoms in total. The van der Waals surface area contributed by atoms with Gasteiger partial charge in [-0.3, -0.25) is 0 Å². The van der Waals surface area contributed by atoms with Gasteiger partial charge in [0.15, 0.2) is 0 Å². The molecule has 1 aromatic heterocycles. The lowest BCUT2D eigenvalue weighted by Gasteiger charge is -2.13. The number of aromatic amines is 1. The van der Waals surface area contributed by atoms with Crippen LogP contribution < -0.4 is 11.1 Å². The van der Waals surface area contributed by atoms with E-state index in [2.05, 4.69) is 27.4 Å². The number of hydrogen-bond donors (Lipinski definition) is 3. The molecule has 0 unspecified atom stereocenters. The van der Waals surface area contributed by atoms with Crippen LogP contribution in [0.25, 0.3) is 0 Å². The van der Waals surface area contributed by atoms with Crippen molar-refractivity contribution in [2.75, 3.05) is 17.6 Å². The summed E-state index contributed by atoms with van der Waals surface area (Å²) in [5.74, 6) is 0.984. The molecule has 0 spiro atoms. The molecule has 0 aliphatic heterocycles. The molecule has 1 aliphatic carbocycles. The Kier molecular flexibility index (Phi) is 2.31. The summed E-state index contributed by atoms with van der Waals surface area (Å²) >= 11 is 0. The fourth-order valence-electron chi connectivity index (χ4n) is 1.84. The molecule has 1 aliphatic rings. The van der Waals surface area contributed by atoms with Gasteiger partial charge < -0.3 is 11.1 Å². The number of nitrogens with one attached hydrogen (secondary N) is 2. The van der Waals surface area contributed by atoms with E-state index in [1.807, 2.05) is 0 Å². The highest BCUT2D eigenvalue weighted by Gasteiger charge is 2.41. The molecule has 4 N–H and O–H groups in total. The van der Waals surface area contributed by atoms with Crippen molar-refractivity contribution in [2.45, 2.75) is 32.6 Å². The summed E-state index contributed by atoms with van der Waals surface area (Å²) in [5, 5.41) is 9.77. The molecule has 0 radical (unpaired) electrons. The number of rotatable bonds is 5. The third-order valence-electron chi connectivity index (χ3n) is 2.86. The van der Waals surface area contributed by atoms with Crippen molar-refractivity contribution >= 4 is 11.9 Å². The fourth-order valence-corrected chi connectivity index (χ4v) is 1.84. The molecule has 0 amide bonds. The Morgan fingerprint density at radius 3 is 2.86 bits per heavy atom. The monoisotopic (exact) mass is 195 g/mol. The lowest BCUT2D eigenvalue weighted by Crippen LogP contribution is -2.15. The first-order chi connectivity index (χ1) is 6.74. The quantitative estimate of drug-likeness (QED) is 0.663. The number of anilines is 2. The molecule has 0 atom stereocenters. The van der Waals surface area contributed by atoms with Crippen molar-refractivity contribution in [2.24, 2.45) is 5.41 Å². The first-order valence-corrected chi connectivity index (χ1v) is 5.16. The highest BCUT2D eigenvalue weighted by Crippen LogP contribution is 2.49. The predicted octanol–water partition coefficient (Wildman–Crippen LogP) is 1.38. The van der Waals surface area contributed by atoms with Crippen molar-refractivity contribution in [3.05, 3.63) is 0 Å². The summed E-state index contributed by atoms with van der Waals surface area (Å²) in [7, 11) is 0. The van der Waals surface area contributed by atoms with Crippen LogP contribution in [-0.4, -0.2) is 21.7 Å². The second kappa shape index (κ2) is 3.48. The van der Waals surface area contributed by atoms with Crippen LogP contribution in [0.15, 0.2) is 0 Å². The third kappa shape index (κ3) is 1.97. The van der Waals surface area contributed by atoms with Crippen molar-refractivity contribution in [1.82, 2.24) is 15.2 Å². The molecule has 14 heavy (non-hydrogen) atoms. The van der Waals surface area contributed by atoms with E-state index in [4.69, 9.17) is 5.73 Å². The minimum absolute atomic E-state index is 0.368. The van der Waals surface area contributed by atoms with Gasteiger partial charge in [-0.25, -0.2) is 5.10 Å². The molecule has 0 bridgehead atoms. The maximum Gasteiger partial charge on any atom is 0.243 e. The van der Waals surface area contributed by atoms with E-state index in [0.717, 1.165) is 6.54 Å². The largest absolute Gasteiger partial charge is 0.368 e.